The first-order valence-electron chi connectivity index (χ1n) is 8.43. The van der Waals surface area contributed by atoms with Gasteiger partial charge in [-0.3, -0.25) is 4.79 Å². The lowest BCUT2D eigenvalue weighted by Gasteiger charge is -2.31. The molecule has 5 heteroatoms. The Bertz CT molecular complexity index is 536. The quantitative estimate of drug-likeness (QED) is 0.889. The lowest BCUT2D eigenvalue weighted by molar-refractivity contribution is -0.133. The Morgan fingerprint density at radius 3 is 2.61 bits per heavy atom. The first-order valence-corrected chi connectivity index (χ1v) is 8.43. The normalized spacial score (nSPS) is 23.9. The van der Waals surface area contributed by atoms with Crippen molar-refractivity contribution in [2.24, 2.45) is 11.7 Å². The zero-order valence-electron chi connectivity index (χ0n) is 13.4. The number of amides is 1. The first-order chi connectivity index (χ1) is 10.6. The Hall–Kier alpha value is -1.13. The van der Waals surface area contributed by atoms with Crippen molar-refractivity contribution >= 4 is 18.3 Å². The third kappa shape index (κ3) is 4.92. The highest BCUT2D eigenvalue weighted by molar-refractivity contribution is 5.85. The van der Waals surface area contributed by atoms with Crippen LogP contribution in [0, 0.1) is 11.7 Å². The fraction of sp³-hybridized carbons (Fsp3) is 0.611. The molecule has 2 aliphatic carbocycles. The van der Waals surface area contributed by atoms with Crippen LogP contribution in [0.3, 0.4) is 0 Å². The zero-order valence-corrected chi connectivity index (χ0v) is 14.2. The van der Waals surface area contributed by atoms with Gasteiger partial charge in [-0.15, -0.1) is 12.4 Å². The molecule has 2 saturated carbocycles. The smallest absolute Gasteiger partial charge is 0.223 e. The number of carbonyl (C=O) groups excluding carboxylic acids is 1. The van der Waals surface area contributed by atoms with Gasteiger partial charge in [-0.05, 0) is 49.3 Å². The van der Waals surface area contributed by atoms with Crippen LogP contribution in [0.25, 0.3) is 0 Å². The number of nitrogens with two attached hydrogens (primary N) is 1. The van der Waals surface area contributed by atoms with Gasteiger partial charge in [0, 0.05) is 25.0 Å². The number of hydrogen-bond donors (Lipinski definition) is 1. The lowest BCUT2D eigenvalue weighted by atomic mass is 9.82. The molecule has 0 spiro atoms. The largest absolute Gasteiger partial charge is 0.335 e. The van der Waals surface area contributed by atoms with Crippen molar-refractivity contribution < 1.29 is 9.18 Å². The molecule has 0 heterocycles. The summed E-state index contributed by atoms with van der Waals surface area (Å²) in [7, 11) is 0. The maximum absolute atomic E-state index is 13.3. The molecule has 2 unspecified atom stereocenters. The second kappa shape index (κ2) is 8.11. The summed E-state index contributed by atoms with van der Waals surface area (Å²) in [4.78, 5) is 14.6. The van der Waals surface area contributed by atoms with Crippen molar-refractivity contribution in [1.29, 1.82) is 0 Å². The van der Waals surface area contributed by atoms with Crippen LogP contribution in [0.2, 0.25) is 0 Å². The van der Waals surface area contributed by atoms with Gasteiger partial charge in [-0.25, -0.2) is 4.39 Å². The van der Waals surface area contributed by atoms with E-state index >= 15 is 0 Å². The third-order valence-electron chi connectivity index (χ3n) is 4.95. The van der Waals surface area contributed by atoms with Crippen LogP contribution < -0.4 is 5.73 Å². The van der Waals surface area contributed by atoms with Crippen molar-refractivity contribution in [3.63, 3.8) is 0 Å². The molecule has 3 rings (SSSR count). The first kappa shape index (κ1) is 18.2. The van der Waals surface area contributed by atoms with Crippen LogP contribution in [0.15, 0.2) is 24.3 Å². The van der Waals surface area contributed by atoms with Crippen molar-refractivity contribution in [2.45, 2.75) is 63.6 Å². The molecule has 3 nitrogen and oxygen atoms in total. The highest BCUT2D eigenvalue weighted by Gasteiger charge is 2.34. The van der Waals surface area contributed by atoms with E-state index < -0.39 is 0 Å². The van der Waals surface area contributed by atoms with E-state index in [-0.39, 0.29) is 30.2 Å². The molecule has 2 N–H and O–H groups in total. The minimum atomic E-state index is -0.241. The highest BCUT2D eigenvalue weighted by atomic mass is 35.5. The Labute approximate surface area is 143 Å². The van der Waals surface area contributed by atoms with Crippen LogP contribution in [-0.4, -0.2) is 22.9 Å². The minimum absolute atomic E-state index is 0. The van der Waals surface area contributed by atoms with E-state index in [9.17, 15) is 9.18 Å². The van der Waals surface area contributed by atoms with Gasteiger partial charge in [0.25, 0.3) is 0 Å². The van der Waals surface area contributed by atoms with Crippen molar-refractivity contribution in [3.8, 4) is 0 Å². The monoisotopic (exact) mass is 340 g/mol. The molecule has 2 atom stereocenters. The van der Waals surface area contributed by atoms with Crippen LogP contribution in [0.4, 0.5) is 4.39 Å². The predicted octanol–water partition coefficient (Wildman–Crippen LogP) is 3.65. The molecule has 1 aromatic carbocycles. The summed E-state index contributed by atoms with van der Waals surface area (Å²) in [5, 5.41) is 0. The number of carbonyl (C=O) groups is 1. The van der Waals surface area contributed by atoms with Gasteiger partial charge in [0.05, 0.1) is 0 Å². The van der Waals surface area contributed by atoms with Gasteiger partial charge >= 0.3 is 0 Å². The number of rotatable bonds is 5. The fourth-order valence-electron chi connectivity index (χ4n) is 3.47. The zero-order chi connectivity index (χ0) is 15.5. The summed E-state index contributed by atoms with van der Waals surface area (Å²) in [6.07, 6.45) is 7.14. The van der Waals surface area contributed by atoms with E-state index in [2.05, 4.69) is 0 Å². The number of halogens is 2. The Morgan fingerprint density at radius 1 is 1.22 bits per heavy atom. The molecule has 0 saturated heterocycles. The molecule has 1 aromatic rings. The van der Waals surface area contributed by atoms with Gasteiger partial charge in [-0.2, -0.15) is 0 Å². The second-order valence-corrected chi connectivity index (χ2v) is 6.80. The van der Waals surface area contributed by atoms with E-state index in [0.717, 1.165) is 31.2 Å². The van der Waals surface area contributed by atoms with Gasteiger partial charge in [0.15, 0.2) is 0 Å². The lowest BCUT2D eigenvalue weighted by Crippen LogP contribution is -2.39. The van der Waals surface area contributed by atoms with Crippen molar-refractivity contribution in [1.82, 2.24) is 4.90 Å². The molecule has 1 amide bonds. The Morgan fingerprint density at radius 2 is 1.96 bits per heavy atom. The maximum atomic E-state index is 13.3. The molecule has 0 bridgehead atoms. The summed E-state index contributed by atoms with van der Waals surface area (Å²) in [5.41, 5.74) is 7.04. The SMILES string of the molecule is Cl.NC1CCCCC1CC(=O)N(Cc1cccc(F)c1)C1CC1. The maximum Gasteiger partial charge on any atom is 0.223 e. The molecule has 23 heavy (non-hydrogen) atoms. The Kier molecular flexibility index (Phi) is 6.42. The molecule has 2 fully saturated rings. The van der Waals surface area contributed by atoms with Crippen molar-refractivity contribution in [2.75, 3.05) is 0 Å². The number of hydrogen-bond acceptors (Lipinski definition) is 2. The molecule has 128 valence electrons. The van der Waals surface area contributed by atoms with E-state index in [4.69, 9.17) is 5.73 Å². The van der Waals surface area contributed by atoms with E-state index in [1.807, 2.05) is 11.0 Å². The van der Waals surface area contributed by atoms with E-state index in [1.165, 1.54) is 25.0 Å². The van der Waals surface area contributed by atoms with Crippen LogP contribution in [-0.2, 0) is 11.3 Å². The summed E-state index contributed by atoms with van der Waals surface area (Å²) >= 11 is 0. The molecule has 0 aliphatic heterocycles. The van der Waals surface area contributed by atoms with E-state index in [1.54, 1.807) is 6.07 Å². The van der Waals surface area contributed by atoms with Crippen LogP contribution in [0.5, 0.6) is 0 Å². The highest BCUT2D eigenvalue weighted by Crippen LogP contribution is 2.32. The van der Waals surface area contributed by atoms with Crippen molar-refractivity contribution in [3.05, 3.63) is 35.6 Å². The van der Waals surface area contributed by atoms with Gasteiger partial charge in [0.1, 0.15) is 5.82 Å². The Balaban J connectivity index is 0.00000192. The van der Waals surface area contributed by atoms with Gasteiger partial charge in [0.2, 0.25) is 5.91 Å². The summed E-state index contributed by atoms with van der Waals surface area (Å²) in [5.74, 6) is 0.263. The minimum Gasteiger partial charge on any atom is -0.335 e. The molecule has 0 aromatic heterocycles. The van der Waals surface area contributed by atoms with E-state index in [0.29, 0.717) is 24.9 Å². The summed E-state index contributed by atoms with van der Waals surface area (Å²) < 4.78 is 13.3. The standard InChI is InChI=1S/C18H25FN2O.ClH/c19-15-6-3-4-13(10-15)12-21(16-8-9-16)18(22)11-14-5-1-2-7-17(14)20;/h3-4,6,10,14,16-17H,1-2,5,7-9,11-12,20H2;1H. The topological polar surface area (TPSA) is 46.3 Å². The predicted molar refractivity (Wildman–Crippen MR) is 91.8 cm³/mol. The van der Waals surface area contributed by atoms with Crippen LogP contribution >= 0.6 is 12.4 Å². The van der Waals surface area contributed by atoms with Gasteiger partial charge in [-0.1, -0.05) is 25.0 Å². The van der Waals surface area contributed by atoms with Crippen LogP contribution in [0.1, 0.15) is 50.5 Å². The number of benzene rings is 1. The fourth-order valence-corrected chi connectivity index (χ4v) is 3.47. The molecular formula is C18H26ClFN2O. The molecular weight excluding hydrogens is 315 g/mol. The number of nitrogens with zero attached hydrogens (tertiary/aromatic N) is 1. The summed E-state index contributed by atoms with van der Waals surface area (Å²) in [6.45, 7) is 0.517. The molecule has 2 aliphatic rings. The van der Waals surface area contributed by atoms with Gasteiger partial charge < -0.3 is 10.6 Å². The average Bonchev–Trinajstić information content (AvgIpc) is 3.32. The molecule has 0 radical (unpaired) electrons. The average molecular weight is 341 g/mol. The third-order valence-corrected chi connectivity index (χ3v) is 4.95. The summed E-state index contributed by atoms with van der Waals surface area (Å²) in [6, 6.07) is 7.06. The second-order valence-electron chi connectivity index (χ2n) is 6.80.